The van der Waals surface area contributed by atoms with Crippen molar-refractivity contribution in [3.05, 3.63) is 35.0 Å². The van der Waals surface area contributed by atoms with Crippen molar-refractivity contribution in [3.63, 3.8) is 0 Å². The maximum Gasteiger partial charge on any atom is 0.0503 e. The van der Waals surface area contributed by atoms with Crippen LogP contribution in [-0.2, 0) is 6.54 Å². The Morgan fingerprint density at radius 2 is 2.31 bits per heavy atom. The van der Waals surface area contributed by atoms with E-state index in [0.29, 0.717) is 11.6 Å². The van der Waals surface area contributed by atoms with E-state index in [2.05, 4.69) is 10.5 Å². The molecule has 2 aromatic rings. The third-order valence-corrected chi connectivity index (χ3v) is 2.27. The first-order valence-corrected chi connectivity index (χ1v) is 4.31. The van der Waals surface area contributed by atoms with Crippen LogP contribution in [0.25, 0.3) is 10.9 Å². The molecule has 0 unspecified atom stereocenters. The third kappa shape index (κ3) is 1.54. The van der Waals surface area contributed by atoms with Crippen LogP contribution in [0.3, 0.4) is 0 Å². The molecule has 2 rings (SSSR count). The van der Waals surface area contributed by atoms with Gasteiger partial charge in [0.15, 0.2) is 0 Å². The van der Waals surface area contributed by atoms with Crippen LogP contribution in [0.2, 0.25) is 5.02 Å². The second-order valence-corrected chi connectivity index (χ2v) is 3.26. The van der Waals surface area contributed by atoms with Gasteiger partial charge in [0.1, 0.15) is 0 Å². The zero-order valence-electron chi connectivity index (χ0n) is 6.84. The number of fused-ring (bicyclic) bond motifs is 1. The molecule has 1 aromatic carbocycles. The summed E-state index contributed by atoms with van der Waals surface area (Å²) in [6, 6.07) is 5.71. The van der Waals surface area contributed by atoms with Gasteiger partial charge in [0.2, 0.25) is 0 Å². The smallest absolute Gasteiger partial charge is 0.0503 e. The van der Waals surface area contributed by atoms with Crippen molar-refractivity contribution < 1.29 is 5.21 Å². The molecule has 3 N–H and O–H groups in total. The van der Waals surface area contributed by atoms with Crippen LogP contribution in [0.4, 0.5) is 0 Å². The number of benzene rings is 1. The summed E-state index contributed by atoms with van der Waals surface area (Å²) in [7, 11) is 0. The molecule has 0 bridgehead atoms. The molecular weight excluding hydrogens is 188 g/mol. The molecule has 0 aliphatic carbocycles. The van der Waals surface area contributed by atoms with Gasteiger partial charge in [-0.2, -0.15) is 0 Å². The summed E-state index contributed by atoms with van der Waals surface area (Å²) < 4.78 is 0. The summed E-state index contributed by atoms with van der Waals surface area (Å²) in [5.74, 6) is 0. The highest BCUT2D eigenvalue weighted by atomic mass is 35.5. The molecule has 0 fully saturated rings. The molecule has 0 amide bonds. The van der Waals surface area contributed by atoms with Gasteiger partial charge in [-0.3, -0.25) is 0 Å². The van der Waals surface area contributed by atoms with Gasteiger partial charge >= 0.3 is 0 Å². The molecule has 0 radical (unpaired) electrons. The second kappa shape index (κ2) is 3.38. The Kier molecular flexibility index (Phi) is 2.22. The van der Waals surface area contributed by atoms with Gasteiger partial charge in [-0.15, -0.1) is 0 Å². The van der Waals surface area contributed by atoms with Crippen molar-refractivity contribution in [2.24, 2.45) is 0 Å². The lowest BCUT2D eigenvalue weighted by molar-refractivity contribution is 0.161. The fourth-order valence-corrected chi connectivity index (χ4v) is 1.68. The first-order valence-electron chi connectivity index (χ1n) is 3.94. The summed E-state index contributed by atoms with van der Waals surface area (Å²) in [5, 5.41) is 10.2. The average molecular weight is 197 g/mol. The number of aromatic amines is 1. The van der Waals surface area contributed by atoms with Crippen LogP contribution in [0.1, 0.15) is 5.56 Å². The summed E-state index contributed by atoms with van der Waals surface area (Å²) in [6.45, 7) is 0.397. The molecule has 68 valence electrons. The molecule has 1 aromatic heterocycles. The molecule has 0 atom stereocenters. The minimum atomic E-state index is 0.397. The van der Waals surface area contributed by atoms with E-state index in [9.17, 15) is 0 Å². The summed E-state index contributed by atoms with van der Waals surface area (Å²) in [4.78, 5) is 3.07. The Morgan fingerprint density at radius 1 is 1.46 bits per heavy atom. The highest BCUT2D eigenvalue weighted by molar-refractivity contribution is 6.35. The van der Waals surface area contributed by atoms with E-state index < -0.39 is 0 Å². The van der Waals surface area contributed by atoms with Gasteiger partial charge in [0.25, 0.3) is 0 Å². The molecule has 13 heavy (non-hydrogen) atoms. The fraction of sp³-hybridized carbons (Fsp3) is 0.111. The van der Waals surface area contributed by atoms with Gasteiger partial charge < -0.3 is 10.2 Å². The van der Waals surface area contributed by atoms with Crippen LogP contribution in [0.5, 0.6) is 0 Å². The molecule has 0 saturated carbocycles. The molecule has 0 aliphatic rings. The van der Waals surface area contributed by atoms with Crippen LogP contribution in [-0.4, -0.2) is 10.2 Å². The minimum Gasteiger partial charge on any atom is -0.361 e. The van der Waals surface area contributed by atoms with Crippen LogP contribution in [0, 0.1) is 0 Å². The van der Waals surface area contributed by atoms with E-state index in [1.165, 1.54) is 0 Å². The first-order chi connectivity index (χ1) is 6.31. The van der Waals surface area contributed by atoms with Crippen molar-refractivity contribution >= 4 is 22.5 Å². The normalized spacial score (nSPS) is 10.9. The van der Waals surface area contributed by atoms with E-state index in [4.69, 9.17) is 16.8 Å². The number of hydrogen-bond donors (Lipinski definition) is 3. The van der Waals surface area contributed by atoms with E-state index in [1.807, 2.05) is 24.4 Å². The van der Waals surface area contributed by atoms with E-state index in [1.54, 1.807) is 0 Å². The van der Waals surface area contributed by atoms with Crippen molar-refractivity contribution in [3.8, 4) is 0 Å². The highest BCUT2D eigenvalue weighted by Crippen LogP contribution is 2.24. The van der Waals surface area contributed by atoms with Crippen molar-refractivity contribution in [1.29, 1.82) is 0 Å². The number of aromatic nitrogens is 1. The fourth-order valence-electron chi connectivity index (χ4n) is 1.37. The van der Waals surface area contributed by atoms with E-state index in [-0.39, 0.29) is 0 Å². The Balaban J connectivity index is 2.56. The monoisotopic (exact) mass is 196 g/mol. The van der Waals surface area contributed by atoms with Gasteiger partial charge in [-0.05, 0) is 23.8 Å². The van der Waals surface area contributed by atoms with Crippen LogP contribution < -0.4 is 5.48 Å². The van der Waals surface area contributed by atoms with Gasteiger partial charge in [-0.25, -0.2) is 5.48 Å². The SMILES string of the molecule is ONCc1cc(Cl)c2cc[nH]c2c1. The standard InChI is InChI=1S/C9H9ClN2O/c10-8-3-6(5-12-13)4-9-7(8)1-2-11-9/h1-4,11-13H,5H2. The zero-order valence-corrected chi connectivity index (χ0v) is 7.60. The Labute approximate surface area is 80.3 Å². The van der Waals surface area contributed by atoms with Gasteiger partial charge in [-0.1, -0.05) is 11.6 Å². The lowest BCUT2D eigenvalue weighted by Gasteiger charge is -2.01. The summed E-state index contributed by atoms with van der Waals surface area (Å²) >= 11 is 6.01. The molecule has 1 heterocycles. The van der Waals surface area contributed by atoms with Crippen molar-refractivity contribution in [2.75, 3.05) is 0 Å². The first kappa shape index (κ1) is 8.56. The number of hydroxylamine groups is 1. The van der Waals surface area contributed by atoms with Crippen LogP contribution in [0.15, 0.2) is 24.4 Å². The largest absolute Gasteiger partial charge is 0.361 e. The minimum absolute atomic E-state index is 0.397. The maximum absolute atomic E-state index is 8.53. The summed E-state index contributed by atoms with van der Waals surface area (Å²) in [6.07, 6.45) is 1.84. The topological polar surface area (TPSA) is 48.0 Å². The number of H-pyrrole nitrogens is 1. The Hall–Kier alpha value is -1.03. The molecule has 0 saturated heterocycles. The van der Waals surface area contributed by atoms with E-state index >= 15 is 0 Å². The Bertz CT molecular complexity index is 424. The molecule has 3 nitrogen and oxygen atoms in total. The molecular formula is C9H9ClN2O. The van der Waals surface area contributed by atoms with Crippen molar-refractivity contribution in [1.82, 2.24) is 10.5 Å². The average Bonchev–Trinajstić information content (AvgIpc) is 2.53. The lowest BCUT2D eigenvalue weighted by Crippen LogP contribution is -2.05. The number of nitrogens with one attached hydrogen (secondary N) is 2. The highest BCUT2D eigenvalue weighted by Gasteiger charge is 2.02. The number of hydrogen-bond acceptors (Lipinski definition) is 2. The Morgan fingerprint density at radius 3 is 3.08 bits per heavy atom. The van der Waals surface area contributed by atoms with Crippen molar-refractivity contribution in [2.45, 2.75) is 6.54 Å². The third-order valence-electron chi connectivity index (χ3n) is 1.96. The zero-order chi connectivity index (χ0) is 9.26. The molecule has 0 aliphatic heterocycles. The molecule has 4 heteroatoms. The number of rotatable bonds is 2. The van der Waals surface area contributed by atoms with E-state index in [0.717, 1.165) is 16.5 Å². The predicted molar refractivity (Wildman–Crippen MR) is 51.9 cm³/mol. The number of halogens is 1. The quantitative estimate of drug-likeness (QED) is 0.646. The van der Waals surface area contributed by atoms with Gasteiger partial charge in [0, 0.05) is 23.6 Å². The lowest BCUT2D eigenvalue weighted by atomic mass is 10.1. The summed E-state index contributed by atoms with van der Waals surface area (Å²) in [5.41, 5.74) is 4.03. The molecule has 0 spiro atoms. The predicted octanol–water partition coefficient (Wildman–Crippen LogP) is 2.30. The maximum atomic E-state index is 8.53. The van der Waals surface area contributed by atoms with Crippen LogP contribution >= 0.6 is 11.6 Å². The van der Waals surface area contributed by atoms with Gasteiger partial charge in [0.05, 0.1) is 5.02 Å². The second-order valence-electron chi connectivity index (χ2n) is 2.85.